The topological polar surface area (TPSA) is 129 Å². The Morgan fingerprint density at radius 2 is 2.08 bits per heavy atom. The lowest BCUT2D eigenvalue weighted by atomic mass is 9.88. The molecule has 0 aliphatic carbocycles. The van der Waals surface area contributed by atoms with Crippen LogP contribution in [0.4, 0.5) is 0 Å². The van der Waals surface area contributed by atoms with Gasteiger partial charge in [0.15, 0.2) is 0 Å². The van der Waals surface area contributed by atoms with Crippen molar-refractivity contribution < 1.29 is 39.4 Å². The second-order valence-corrected chi connectivity index (χ2v) is 11.6. The molecule has 2 aliphatic rings. The fraction of sp³-hybridized carbons (Fsp3) is 0.724. The van der Waals surface area contributed by atoms with Crippen LogP contribution in [0.2, 0.25) is 0 Å². The number of epoxide rings is 1. The van der Waals surface area contributed by atoms with Gasteiger partial charge in [-0.25, -0.2) is 0 Å². The summed E-state index contributed by atoms with van der Waals surface area (Å²) < 4.78 is 16.9. The number of allylic oxidation sites excluding steroid dienone is 2. The van der Waals surface area contributed by atoms with Crippen molar-refractivity contribution in [1.82, 2.24) is 0 Å². The highest BCUT2D eigenvalue weighted by atomic mass is 32.1. The van der Waals surface area contributed by atoms with E-state index < -0.39 is 41.6 Å². The minimum Gasteiger partial charge on any atom is -0.480 e. The molecule has 4 N–H and O–H groups in total. The molecule has 0 bridgehead atoms. The molecule has 216 valence electrons. The van der Waals surface area contributed by atoms with Gasteiger partial charge in [0.25, 0.3) is 0 Å². The maximum Gasteiger partial charge on any atom is 0.309 e. The molecule has 0 amide bonds. The second kappa shape index (κ2) is 14.1. The summed E-state index contributed by atoms with van der Waals surface area (Å²) in [6.45, 7) is 10.9. The lowest BCUT2D eigenvalue weighted by molar-refractivity contribution is -0.151. The van der Waals surface area contributed by atoms with Crippen molar-refractivity contribution in [2.75, 3.05) is 0 Å². The molecule has 38 heavy (non-hydrogen) atoms. The summed E-state index contributed by atoms with van der Waals surface area (Å²) in [4.78, 5) is 12.6. The van der Waals surface area contributed by atoms with E-state index >= 15 is 0 Å². The molecule has 8 nitrogen and oxygen atoms in total. The third-order valence-electron chi connectivity index (χ3n) is 7.57. The van der Waals surface area contributed by atoms with Gasteiger partial charge in [-0.15, -0.1) is 0 Å². The Bertz CT molecular complexity index is 880. The number of rotatable bonds is 10. The van der Waals surface area contributed by atoms with Crippen LogP contribution in [0.3, 0.4) is 0 Å². The molecule has 0 aromatic heterocycles. The van der Waals surface area contributed by atoms with Gasteiger partial charge in [0.05, 0.1) is 36.4 Å². The van der Waals surface area contributed by atoms with Crippen molar-refractivity contribution in [3.63, 3.8) is 0 Å². The Labute approximate surface area is 232 Å². The smallest absolute Gasteiger partial charge is 0.309 e. The van der Waals surface area contributed by atoms with E-state index in [1.54, 1.807) is 38.2 Å². The minimum atomic E-state index is -1.29. The Morgan fingerprint density at radius 3 is 2.71 bits per heavy atom. The third kappa shape index (κ3) is 9.84. The summed E-state index contributed by atoms with van der Waals surface area (Å²) >= 11 is 4.83. The van der Waals surface area contributed by atoms with Crippen molar-refractivity contribution in [1.29, 1.82) is 0 Å². The zero-order valence-corrected chi connectivity index (χ0v) is 24.3. The summed E-state index contributed by atoms with van der Waals surface area (Å²) in [5.74, 6) is -0.799. The molecule has 2 heterocycles. The van der Waals surface area contributed by atoms with Crippen LogP contribution in [0.1, 0.15) is 73.6 Å². The van der Waals surface area contributed by atoms with Gasteiger partial charge < -0.3 is 34.6 Å². The van der Waals surface area contributed by atoms with E-state index in [2.05, 4.69) is 0 Å². The summed E-state index contributed by atoms with van der Waals surface area (Å²) in [6.07, 6.45) is 7.09. The molecule has 0 aromatic carbocycles. The summed E-state index contributed by atoms with van der Waals surface area (Å²) in [5, 5.41) is 42.2. The van der Waals surface area contributed by atoms with Gasteiger partial charge in [0.1, 0.15) is 23.4 Å². The van der Waals surface area contributed by atoms with Gasteiger partial charge in [0.2, 0.25) is 0 Å². The molecule has 10 atom stereocenters. The molecule has 0 radical (unpaired) electrons. The second-order valence-electron chi connectivity index (χ2n) is 11.4. The zero-order chi connectivity index (χ0) is 28.7. The number of aliphatic hydroxyl groups is 4. The predicted octanol–water partition coefficient (Wildman–Crippen LogP) is 3.55. The average molecular weight is 555 g/mol. The summed E-state index contributed by atoms with van der Waals surface area (Å²) in [5.41, 5.74) is -0.561. The fourth-order valence-corrected chi connectivity index (χ4v) is 5.01. The van der Waals surface area contributed by atoms with E-state index in [1.807, 2.05) is 33.8 Å². The highest BCUT2D eigenvalue weighted by Crippen LogP contribution is 2.37. The average Bonchev–Trinajstić information content (AvgIpc) is 3.59. The highest BCUT2D eigenvalue weighted by molar-refractivity contribution is 7.78. The van der Waals surface area contributed by atoms with Crippen molar-refractivity contribution in [3.8, 4) is 0 Å². The van der Waals surface area contributed by atoms with Crippen LogP contribution in [0, 0.1) is 11.8 Å². The standard InChI is InChI=1S/C29H46O8S/c1-7-22(31)20(4)27-23(36-27)16-28(5,33)13-8-9-18(2)26-19(3)10-11-24(35-17-38)29(6,34)14-12-21(30)15-25(32)37-26/h8-11,13,17,19-24,26-27,30-31,33-34H,7,12,14-16H2,1-6H3/b11-10+,13-8+,18-9+. The van der Waals surface area contributed by atoms with Gasteiger partial charge in [-0.2, -0.15) is 0 Å². The number of thiocarbonyl (C=S) groups is 1. The molecule has 1 fully saturated rings. The Hall–Kier alpha value is -1.62. The van der Waals surface area contributed by atoms with E-state index in [0.29, 0.717) is 12.8 Å². The SMILES string of the molecule is CCC(O)C(C)C1OC1CC(C)(O)/C=C/C=C(\C)C1OC(=O)CC(O)CCC(C)(O)C(OC=S)/C=C/C1C. The number of hydrogen-bond acceptors (Lipinski definition) is 9. The van der Waals surface area contributed by atoms with Gasteiger partial charge in [0, 0.05) is 18.3 Å². The first-order valence-electron chi connectivity index (χ1n) is 13.5. The first kappa shape index (κ1) is 32.6. The monoisotopic (exact) mass is 554 g/mol. The highest BCUT2D eigenvalue weighted by Gasteiger charge is 2.47. The number of esters is 1. The lowest BCUT2D eigenvalue weighted by Gasteiger charge is -2.32. The van der Waals surface area contributed by atoms with Crippen molar-refractivity contribution in [2.45, 2.75) is 121 Å². The maximum atomic E-state index is 12.6. The normalized spacial score (nSPS) is 37.2. The number of aliphatic hydroxyl groups excluding tert-OH is 2. The first-order valence-corrected chi connectivity index (χ1v) is 14.0. The van der Waals surface area contributed by atoms with Crippen LogP contribution in [-0.4, -0.2) is 79.8 Å². The van der Waals surface area contributed by atoms with Crippen LogP contribution in [0.25, 0.3) is 0 Å². The summed E-state index contributed by atoms with van der Waals surface area (Å²) in [6, 6.07) is 0. The van der Waals surface area contributed by atoms with Gasteiger partial charge in [-0.3, -0.25) is 4.79 Å². The molecule has 9 heteroatoms. The molecular formula is C29H46O8S. The van der Waals surface area contributed by atoms with E-state index in [0.717, 1.165) is 11.1 Å². The largest absolute Gasteiger partial charge is 0.480 e. The van der Waals surface area contributed by atoms with Crippen molar-refractivity contribution >= 4 is 23.7 Å². The molecule has 1 saturated heterocycles. The molecule has 0 saturated carbocycles. The van der Waals surface area contributed by atoms with E-state index in [9.17, 15) is 25.2 Å². The van der Waals surface area contributed by atoms with Crippen molar-refractivity contribution in [2.24, 2.45) is 11.8 Å². The molecular weight excluding hydrogens is 508 g/mol. The lowest BCUT2D eigenvalue weighted by Crippen LogP contribution is -2.41. The zero-order valence-electron chi connectivity index (χ0n) is 23.4. The Morgan fingerprint density at radius 1 is 1.39 bits per heavy atom. The molecule has 2 aliphatic heterocycles. The summed E-state index contributed by atoms with van der Waals surface area (Å²) in [7, 11) is 0. The Balaban J connectivity index is 2.16. The Kier molecular flexibility index (Phi) is 12.1. The van der Waals surface area contributed by atoms with Crippen LogP contribution in [0.15, 0.2) is 36.0 Å². The van der Waals surface area contributed by atoms with E-state index in [4.69, 9.17) is 26.4 Å². The van der Waals surface area contributed by atoms with Crippen LogP contribution in [-0.2, 0) is 19.0 Å². The van der Waals surface area contributed by atoms with Crippen LogP contribution < -0.4 is 0 Å². The number of carbonyl (C=O) groups excluding carboxylic acids is 1. The quantitative estimate of drug-likeness (QED) is 0.105. The van der Waals surface area contributed by atoms with Gasteiger partial charge in [-0.1, -0.05) is 45.1 Å². The van der Waals surface area contributed by atoms with Crippen LogP contribution >= 0.6 is 12.2 Å². The molecule has 2 rings (SSSR count). The third-order valence-corrected chi connectivity index (χ3v) is 7.68. The van der Waals surface area contributed by atoms with E-state index in [-0.39, 0.29) is 43.3 Å². The van der Waals surface area contributed by atoms with Gasteiger partial charge in [-0.05, 0) is 63.9 Å². The number of carbonyl (C=O) groups is 1. The number of cyclic esters (lactones) is 1. The number of ether oxygens (including phenoxy) is 3. The maximum absolute atomic E-state index is 12.6. The molecule has 0 aromatic rings. The van der Waals surface area contributed by atoms with E-state index in [1.165, 1.54) is 0 Å². The first-order chi connectivity index (χ1) is 17.7. The van der Waals surface area contributed by atoms with Crippen molar-refractivity contribution in [3.05, 3.63) is 36.0 Å². The molecule has 0 spiro atoms. The fourth-order valence-electron chi connectivity index (χ4n) is 4.89. The predicted molar refractivity (Wildman–Crippen MR) is 149 cm³/mol. The molecule has 10 unspecified atom stereocenters. The number of hydrogen-bond donors (Lipinski definition) is 4. The minimum absolute atomic E-state index is 0.00782. The van der Waals surface area contributed by atoms with Gasteiger partial charge >= 0.3 is 5.97 Å². The van der Waals surface area contributed by atoms with Crippen LogP contribution in [0.5, 0.6) is 0 Å².